The third-order valence-corrected chi connectivity index (χ3v) is 8.44. The van der Waals surface area contributed by atoms with E-state index in [-0.39, 0.29) is 5.41 Å². The second-order valence-corrected chi connectivity index (χ2v) is 11.1. The number of anilines is 3. The first-order valence-corrected chi connectivity index (χ1v) is 14.0. The maximum atomic E-state index is 4.82. The topological polar surface area (TPSA) is 29.0 Å². The minimum atomic E-state index is -0.0547. The highest BCUT2D eigenvalue weighted by atomic mass is 32.1. The van der Waals surface area contributed by atoms with Crippen molar-refractivity contribution in [2.45, 2.75) is 19.3 Å². The lowest BCUT2D eigenvalue weighted by molar-refractivity contribution is 0.660. The Kier molecular flexibility index (Phi) is 5.64. The van der Waals surface area contributed by atoms with Crippen LogP contribution in [0.25, 0.3) is 33.1 Å². The molecule has 0 spiro atoms. The lowest BCUT2D eigenvalue weighted by Crippen LogP contribution is -2.16. The predicted octanol–water partition coefficient (Wildman–Crippen LogP) is 9.65. The molecular weight excluding hydrogens is 494 g/mol. The van der Waals surface area contributed by atoms with Crippen molar-refractivity contribution >= 4 is 28.6 Å². The standard InChI is InChI=1S/C35H27N3S/c1-35(2)29-17-10-9-16-28(29)32-30(35)18-11-19-31(32)38(26-14-7-4-8-15-26)27-22-20-24(21-23-27)33-36-34(39-37-33)25-12-5-3-6-13-25/h3-23H,1-2H3. The molecular formula is C35H27N3S. The van der Waals surface area contributed by atoms with Crippen LogP contribution in [0.5, 0.6) is 0 Å². The second-order valence-electron chi connectivity index (χ2n) is 10.4. The van der Waals surface area contributed by atoms with E-state index >= 15 is 0 Å². The number of nitrogens with zero attached hydrogens (tertiary/aromatic N) is 3. The summed E-state index contributed by atoms with van der Waals surface area (Å²) >= 11 is 1.44. The van der Waals surface area contributed by atoms with E-state index in [1.807, 2.05) is 18.2 Å². The average molecular weight is 522 g/mol. The van der Waals surface area contributed by atoms with Gasteiger partial charge in [-0.3, -0.25) is 0 Å². The molecule has 0 saturated carbocycles. The highest BCUT2D eigenvalue weighted by Gasteiger charge is 2.37. The fraction of sp³-hybridized carbons (Fsp3) is 0.0857. The first kappa shape index (κ1) is 23.6. The molecule has 3 nitrogen and oxygen atoms in total. The first-order chi connectivity index (χ1) is 19.1. The summed E-state index contributed by atoms with van der Waals surface area (Å²) in [4.78, 5) is 7.19. The van der Waals surface area contributed by atoms with Gasteiger partial charge < -0.3 is 4.90 Å². The molecule has 1 aromatic heterocycles. The van der Waals surface area contributed by atoms with Crippen molar-refractivity contribution in [1.82, 2.24) is 9.36 Å². The number of hydrogen-bond donors (Lipinski definition) is 0. The van der Waals surface area contributed by atoms with Crippen LogP contribution in [0, 0.1) is 0 Å². The molecule has 6 aromatic rings. The molecule has 0 N–H and O–H groups in total. The van der Waals surface area contributed by atoms with E-state index in [1.165, 1.54) is 39.5 Å². The van der Waals surface area contributed by atoms with Crippen molar-refractivity contribution < 1.29 is 0 Å². The molecule has 0 bridgehead atoms. The third-order valence-electron chi connectivity index (χ3n) is 7.67. The zero-order valence-corrected chi connectivity index (χ0v) is 22.7. The zero-order chi connectivity index (χ0) is 26.4. The summed E-state index contributed by atoms with van der Waals surface area (Å²) in [5.41, 5.74) is 10.8. The van der Waals surface area contributed by atoms with Crippen LogP contribution in [-0.4, -0.2) is 9.36 Å². The lowest BCUT2D eigenvalue weighted by Gasteiger charge is -2.29. The summed E-state index contributed by atoms with van der Waals surface area (Å²) < 4.78 is 4.66. The van der Waals surface area contributed by atoms with Crippen molar-refractivity contribution in [1.29, 1.82) is 0 Å². The van der Waals surface area contributed by atoms with E-state index in [4.69, 9.17) is 4.98 Å². The van der Waals surface area contributed by atoms with Gasteiger partial charge >= 0.3 is 0 Å². The number of fused-ring (bicyclic) bond motifs is 3. The van der Waals surface area contributed by atoms with E-state index in [0.29, 0.717) is 0 Å². The molecule has 0 unspecified atom stereocenters. The predicted molar refractivity (Wildman–Crippen MR) is 163 cm³/mol. The fourth-order valence-electron chi connectivity index (χ4n) is 5.72. The van der Waals surface area contributed by atoms with E-state index in [0.717, 1.165) is 33.3 Å². The highest BCUT2D eigenvalue weighted by molar-refractivity contribution is 7.09. The van der Waals surface area contributed by atoms with Crippen molar-refractivity contribution in [3.63, 3.8) is 0 Å². The second kappa shape index (κ2) is 9.33. The van der Waals surface area contributed by atoms with Crippen LogP contribution in [-0.2, 0) is 5.41 Å². The number of hydrogen-bond acceptors (Lipinski definition) is 4. The van der Waals surface area contributed by atoms with Crippen LogP contribution >= 0.6 is 11.5 Å². The first-order valence-electron chi connectivity index (χ1n) is 13.2. The van der Waals surface area contributed by atoms with E-state index < -0.39 is 0 Å². The van der Waals surface area contributed by atoms with E-state index in [2.05, 4.69) is 132 Å². The molecule has 7 rings (SSSR count). The average Bonchev–Trinajstić information content (AvgIpc) is 3.57. The van der Waals surface area contributed by atoms with Crippen molar-refractivity contribution in [3.05, 3.63) is 139 Å². The van der Waals surface area contributed by atoms with E-state index in [1.54, 1.807) is 0 Å². The molecule has 39 heavy (non-hydrogen) atoms. The Hall–Kier alpha value is -4.54. The molecule has 0 amide bonds. The molecule has 1 aliphatic carbocycles. The Bertz CT molecular complexity index is 1770. The minimum absolute atomic E-state index is 0.0547. The minimum Gasteiger partial charge on any atom is -0.310 e. The van der Waals surface area contributed by atoms with Crippen molar-refractivity contribution in [2.75, 3.05) is 4.90 Å². The quantitative estimate of drug-likeness (QED) is 0.226. The van der Waals surface area contributed by atoms with Gasteiger partial charge in [0, 0.05) is 33.5 Å². The van der Waals surface area contributed by atoms with Crippen LogP contribution in [0.15, 0.2) is 127 Å². The summed E-state index contributed by atoms with van der Waals surface area (Å²) in [6.07, 6.45) is 0. The van der Waals surface area contributed by atoms with Gasteiger partial charge in [-0.1, -0.05) is 98.8 Å². The Labute approximate surface area is 233 Å². The Balaban J connectivity index is 1.33. The van der Waals surface area contributed by atoms with Crippen LogP contribution in [0.1, 0.15) is 25.0 Å². The summed E-state index contributed by atoms with van der Waals surface area (Å²) in [6.45, 7) is 4.65. The maximum Gasteiger partial charge on any atom is 0.173 e. The zero-order valence-electron chi connectivity index (χ0n) is 21.9. The number of aromatic nitrogens is 2. The number of para-hydroxylation sites is 1. The molecule has 0 radical (unpaired) electrons. The molecule has 0 atom stereocenters. The smallest absolute Gasteiger partial charge is 0.173 e. The summed E-state index contributed by atoms with van der Waals surface area (Å²) in [6, 6.07) is 45.0. The largest absolute Gasteiger partial charge is 0.310 e. The Morgan fingerprint density at radius 1 is 0.590 bits per heavy atom. The normalized spacial score (nSPS) is 13.1. The fourth-order valence-corrected chi connectivity index (χ4v) is 6.41. The van der Waals surface area contributed by atoms with Gasteiger partial charge in [-0.05, 0) is 70.7 Å². The summed E-state index contributed by atoms with van der Waals surface area (Å²) in [7, 11) is 0. The lowest BCUT2D eigenvalue weighted by atomic mass is 9.82. The highest BCUT2D eigenvalue weighted by Crippen LogP contribution is 2.54. The van der Waals surface area contributed by atoms with Gasteiger partial charge in [-0.25, -0.2) is 4.98 Å². The number of rotatable bonds is 5. The molecule has 4 heteroatoms. The molecule has 188 valence electrons. The monoisotopic (exact) mass is 521 g/mol. The SMILES string of the molecule is CC1(C)c2ccccc2-c2c(N(c3ccccc3)c3ccc(-c4nsc(-c5ccccc5)n4)cc3)cccc21. The molecule has 0 saturated heterocycles. The van der Waals surface area contributed by atoms with Gasteiger partial charge in [0.2, 0.25) is 0 Å². The summed E-state index contributed by atoms with van der Waals surface area (Å²) in [5.74, 6) is 0.757. The van der Waals surface area contributed by atoms with Gasteiger partial charge in [0.1, 0.15) is 5.01 Å². The van der Waals surface area contributed by atoms with Crippen LogP contribution in [0.3, 0.4) is 0 Å². The summed E-state index contributed by atoms with van der Waals surface area (Å²) in [5, 5.41) is 0.932. The molecule has 1 heterocycles. The van der Waals surface area contributed by atoms with Gasteiger partial charge in [-0.2, -0.15) is 4.37 Å². The van der Waals surface area contributed by atoms with Gasteiger partial charge in [-0.15, -0.1) is 0 Å². The molecule has 0 aliphatic heterocycles. The molecule has 1 aliphatic rings. The van der Waals surface area contributed by atoms with Crippen molar-refractivity contribution in [3.8, 4) is 33.1 Å². The van der Waals surface area contributed by atoms with Crippen LogP contribution < -0.4 is 4.90 Å². The Morgan fingerprint density at radius 3 is 2.00 bits per heavy atom. The van der Waals surface area contributed by atoms with Gasteiger partial charge in [0.25, 0.3) is 0 Å². The van der Waals surface area contributed by atoms with Crippen molar-refractivity contribution in [2.24, 2.45) is 0 Å². The Morgan fingerprint density at radius 2 is 1.23 bits per heavy atom. The third kappa shape index (κ3) is 3.96. The number of benzene rings is 5. The van der Waals surface area contributed by atoms with Crippen LogP contribution in [0.4, 0.5) is 17.1 Å². The maximum absolute atomic E-state index is 4.82. The molecule has 5 aromatic carbocycles. The van der Waals surface area contributed by atoms with Gasteiger partial charge in [0.15, 0.2) is 5.82 Å². The molecule has 0 fully saturated rings. The van der Waals surface area contributed by atoms with Crippen LogP contribution in [0.2, 0.25) is 0 Å². The van der Waals surface area contributed by atoms with E-state index in [9.17, 15) is 0 Å². The van der Waals surface area contributed by atoms with Gasteiger partial charge in [0.05, 0.1) is 5.69 Å².